The molecule has 1 unspecified atom stereocenters. The highest BCUT2D eigenvalue weighted by Gasteiger charge is 2.40. The number of hydrogen-bond donors (Lipinski definition) is 2. The van der Waals surface area contributed by atoms with Gasteiger partial charge in [0, 0.05) is 12.2 Å². The summed E-state index contributed by atoms with van der Waals surface area (Å²) in [4.78, 5) is 24.4. The number of nitrogens with one attached hydrogen (secondary N) is 2. The molecule has 2 aromatic carbocycles. The maximum absolute atomic E-state index is 13.3. The third kappa shape index (κ3) is 3.78. The fourth-order valence-electron chi connectivity index (χ4n) is 3.69. The van der Waals surface area contributed by atoms with E-state index in [0.29, 0.717) is 30.0 Å². The minimum Gasteiger partial charge on any atom is -0.482 e. The van der Waals surface area contributed by atoms with Crippen LogP contribution in [0.3, 0.4) is 0 Å². The van der Waals surface area contributed by atoms with Crippen LogP contribution in [0.2, 0.25) is 0 Å². The molecule has 158 valence electrons. The molecule has 2 aromatic rings. The summed E-state index contributed by atoms with van der Waals surface area (Å²) >= 11 is 0. The normalized spacial score (nSPS) is 19.0. The first-order valence-corrected chi connectivity index (χ1v) is 11.2. The standard InChI is InChI=1S/C21H23N3O5S/c1-13-5-6-15(10-14(13)2)22-21(26)18-4-3-9-24(18)30(27,28)16-7-8-19-17(11-16)23-20(25)12-29-19/h5-8,10-11,18H,3-4,9,12H2,1-2H3,(H,22,26)(H,23,25). The van der Waals surface area contributed by atoms with E-state index >= 15 is 0 Å². The summed E-state index contributed by atoms with van der Waals surface area (Å²) in [5.74, 6) is -0.281. The van der Waals surface area contributed by atoms with Crippen molar-refractivity contribution in [2.45, 2.75) is 37.6 Å². The maximum atomic E-state index is 13.3. The zero-order chi connectivity index (χ0) is 21.5. The van der Waals surface area contributed by atoms with E-state index in [1.807, 2.05) is 26.0 Å². The van der Waals surface area contributed by atoms with Gasteiger partial charge in [-0.2, -0.15) is 4.31 Å². The highest BCUT2D eigenvalue weighted by Crippen LogP contribution is 2.33. The predicted molar refractivity (Wildman–Crippen MR) is 112 cm³/mol. The molecule has 0 spiro atoms. The van der Waals surface area contributed by atoms with Gasteiger partial charge in [-0.1, -0.05) is 6.07 Å². The minimum absolute atomic E-state index is 0.0120. The van der Waals surface area contributed by atoms with Crippen LogP contribution in [0.4, 0.5) is 11.4 Å². The van der Waals surface area contributed by atoms with E-state index in [9.17, 15) is 18.0 Å². The molecule has 1 atom stereocenters. The van der Waals surface area contributed by atoms with Crippen molar-refractivity contribution in [3.05, 3.63) is 47.5 Å². The van der Waals surface area contributed by atoms with Crippen LogP contribution in [0.25, 0.3) is 0 Å². The van der Waals surface area contributed by atoms with Gasteiger partial charge in [-0.15, -0.1) is 0 Å². The molecule has 2 aliphatic rings. The molecule has 2 amide bonds. The molecule has 0 aliphatic carbocycles. The van der Waals surface area contributed by atoms with E-state index in [0.717, 1.165) is 11.1 Å². The van der Waals surface area contributed by atoms with Crippen molar-refractivity contribution in [2.75, 3.05) is 23.8 Å². The molecule has 4 rings (SSSR count). The summed E-state index contributed by atoms with van der Waals surface area (Å²) in [6.07, 6.45) is 1.04. The smallest absolute Gasteiger partial charge is 0.262 e. The van der Waals surface area contributed by atoms with E-state index in [1.165, 1.54) is 22.5 Å². The first-order valence-electron chi connectivity index (χ1n) is 9.72. The lowest BCUT2D eigenvalue weighted by atomic mass is 10.1. The number of hydrogen-bond acceptors (Lipinski definition) is 5. The van der Waals surface area contributed by atoms with Crippen LogP contribution in [0, 0.1) is 13.8 Å². The number of benzene rings is 2. The van der Waals surface area contributed by atoms with Crippen molar-refractivity contribution in [3.8, 4) is 5.75 Å². The first-order chi connectivity index (χ1) is 14.3. The molecular weight excluding hydrogens is 406 g/mol. The second-order valence-electron chi connectivity index (χ2n) is 7.56. The Balaban J connectivity index is 1.57. The molecule has 0 bridgehead atoms. The molecule has 2 aliphatic heterocycles. The van der Waals surface area contributed by atoms with Gasteiger partial charge in [-0.3, -0.25) is 9.59 Å². The third-order valence-corrected chi connectivity index (χ3v) is 7.38. The lowest BCUT2D eigenvalue weighted by molar-refractivity contribution is -0.119. The van der Waals surface area contributed by atoms with Crippen molar-refractivity contribution in [1.82, 2.24) is 4.31 Å². The van der Waals surface area contributed by atoms with E-state index in [-0.39, 0.29) is 29.9 Å². The second kappa shape index (κ2) is 7.73. The van der Waals surface area contributed by atoms with Crippen molar-refractivity contribution in [2.24, 2.45) is 0 Å². The van der Waals surface area contributed by atoms with Crippen LogP contribution >= 0.6 is 0 Å². The first kappa shape index (κ1) is 20.4. The van der Waals surface area contributed by atoms with Gasteiger partial charge in [0.2, 0.25) is 15.9 Å². The summed E-state index contributed by atoms with van der Waals surface area (Å²) in [5, 5.41) is 5.45. The second-order valence-corrected chi connectivity index (χ2v) is 9.45. The fourth-order valence-corrected chi connectivity index (χ4v) is 5.38. The highest BCUT2D eigenvalue weighted by molar-refractivity contribution is 7.89. The predicted octanol–water partition coefficient (Wildman–Crippen LogP) is 2.43. The van der Waals surface area contributed by atoms with Crippen LogP contribution < -0.4 is 15.4 Å². The average Bonchev–Trinajstić information content (AvgIpc) is 3.21. The average molecular weight is 429 g/mol. The number of amides is 2. The molecule has 30 heavy (non-hydrogen) atoms. The molecule has 1 fully saturated rings. The SMILES string of the molecule is Cc1ccc(NC(=O)C2CCCN2S(=O)(=O)c2ccc3c(c2)NC(=O)CO3)cc1C. The summed E-state index contributed by atoms with van der Waals surface area (Å²) in [7, 11) is -3.93. The summed E-state index contributed by atoms with van der Waals surface area (Å²) in [6.45, 7) is 4.09. The summed E-state index contributed by atoms with van der Waals surface area (Å²) < 4.78 is 33.0. The van der Waals surface area contributed by atoms with Gasteiger partial charge in [-0.05, 0) is 68.1 Å². The van der Waals surface area contributed by atoms with Crippen molar-refractivity contribution < 1.29 is 22.7 Å². The Hall–Kier alpha value is -2.91. The maximum Gasteiger partial charge on any atom is 0.262 e. The topological polar surface area (TPSA) is 105 Å². The van der Waals surface area contributed by atoms with E-state index in [2.05, 4.69) is 10.6 Å². The molecule has 2 heterocycles. The van der Waals surface area contributed by atoms with E-state index < -0.39 is 16.1 Å². The summed E-state index contributed by atoms with van der Waals surface area (Å²) in [5.41, 5.74) is 3.10. The quantitative estimate of drug-likeness (QED) is 0.777. The van der Waals surface area contributed by atoms with Gasteiger partial charge < -0.3 is 15.4 Å². The Morgan fingerprint density at radius 1 is 1.17 bits per heavy atom. The van der Waals surface area contributed by atoms with Gasteiger partial charge in [0.05, 0.1) is 10.6 Å². The molecule has 0 aromatic heterocycles. The molecule has 8 nitrogen and oxygen atoms in total. The Bertz CT molecular complexity index is 1130. The zero-order valence-electron chi connectivity index (χ0n) is 16.8. The number of aryl methyl sites for hydroxylation is 2. The molecular formula is C21H23N3O5S. The molecule has 0 saturated carbocycles. The lowest BCUT2D eigenvalue weighted by Crippen LogP contribution is -2.43. The number of carbonyl (C=O) groups is 2. The van der Waals surface area contributed by atoms with Gasteiger partial charge in [-0.25, -0.2) is 8.42 Å². The van der Waals surface area contributed by atoms with Crippen molar-refractivity contribution >= 4 is 33.2 Å². The number of nitrogens with zero attached hydrogens (tertiary/aromatic N) is 1. The van der Waals surface area contributed by atoms with Gasteiger partial charge >= 0.3 is 0 Å². The highest BCUT2D eigenvalue weighted by atomic mass is 32.2. The molecule has 2 N–H and O–H groups in total. The number of sulfonamides is 1. The van der Waals surface area contributed by atoms with Crippen LogP contribution in [0.5, 0.6) is 5.75 Å². The number of fused-ring (bicyclic) bond motifs is 1. The van der Waals surface area contributed by atoms with E-state index in [1.54, 1.807) is 6.07 Å². The van der Waals surface area contributed by atoms with Crippen LogP contribution in [0.15, 0.2) is 41.3 Å². The monoisotopic (exact) mass is 429 g/mol. The number of anilines is 2. The molecule has 0 radical (unpaired) electrons. The molecule has 1 saturated heterocycles. The Kier molecular flexibility index (Phi) is 5.25. The summed E-state index contributed by atoms with van der Waals surface area (Å²) in [6, 6.07) is 9.12. The third-order valence-electron chi connectivity index (χ3n) is 5.47. The Morgan fingerprint density at radius 2 is 1.97 bits per heavy atom. The van der Waals surface area contributed by atoms with Crippen molar-refractivity contribution in [1.29, 1.82) is 0 Å². The van der Waals surface area contributed by atoms with Crippen LogP contribution in [0.1, 0.15) is 24.0 Å². The zero-order valence-corrected chi connectivity index (χ0v) is 17.6. The Labute approximate surface area is 175 Å². The number of rotatable bonds is 4. The molecule has 9 heteroatoms. The minimum atomic E-state index is -3.93. The van der Waals surface area contributed by atoms with Crippen LogP contribution in [-0.4, -0.2) is 43.7 Å². The van der Waals surface area contributed by atoms with Crippen LogP contribution in [-0.2, 0) is 19.6 Å². The van der Waals surface area contributed by atoms with Gasteiger partial charge in [0.15, 0.2) is 6.61 Å². The fraction of sp³-hybridized carbons (Fsp3) is 0.333. The Morgan fingerprint density at radius 3 is 2.73 bits per heavy atom. The van der Waals surface area contributed by atoms with Gasteiger partial charge in [0.1, 0.15) is 11.8 Å². The number of carbonyl (C=O) groups excluding carboxylic acids is 2. The number of ether oxygens (including phenoxy) is 1. The van der Waals surface area contributed by atoms with Crippen molar-refractivity contribution in [3.63, 3.8) is 0 Å². The van der Waals surface area contributed by atoms with E-state index in [4.69, 9.17) is 4.74 Å². The lowest BCUT2D eigenvalue weighted by Gasteiger charge is -2.25. The largest absolute Gasteiger partial charge is 0.482 e. The van der Waals surface area contributed by atoms with Gasteiger partial charge in [0.25, 0.3) is 5.91 Å².